The van der Waals surface area contributed by atoms with Crippen LogP contribution < -0.4 is 5.19 Å². The zero-order chi connectivity index (χ0) is 17.7. The second kappa shape index (κ2) is 5.86. The summed E-state index contributed by atoms with van der Waals surface area (Å²) in [6.45, 7) is 1.75. The van der Waals surface area contributed by atoms with Crippen LogP contribution in [0.3, 0.4) is 0 Å². The number of rotatable bonds is 3. The van der Waals surface area contributed by atoms with Gasteiger partial charge in [0.1, 0.15) is 21.9 Å². The van der Waals surface area contributed by atoms with Crippen LogP contribution in [-0.4, -0.2) is 25.2 Å². The maximum Gasteiger partial charge on any atom is 0.323 e. The van der Waals surface area contributed by atoms with E-state index in [0.717, 1.165) is 38.5 Å². The van der Waals surface area contributed by atoms with Gasteiger partial charge >= 0.3 is 5.97 Å². The Bertz CT molecular complexity index is 1070. The molecule has 0 spiro atoms. The van der Waals surface area contributed by atoms with Crippen molar-refractivity contribution in [1.82, 2.24) is 4.57 Å². The summed E-state index contributed by atoms with van der Waals surface area (Å²) < 4.78 is 15.5. The summed E-state index contributed by atoms with van der Waals surface area (Å²) in [4.78, 5) is 11.3. The van der Waals surface area contributed by atoms with Gasteiger partial charge < -0.3 is 9.67 Å². The molecule has 1 aromatic heterocycles. The van der Waals surface area contributed by atoms with Crippen molar-refractivity contribution in [2.45, 2.75) is 13.5 Å². The van der Waals surface area contributed by atoms with Crippen LogP contribution in [0.4, 0.5) is 4.39 Å². The molecular weight excluding hydrogens is 357 g/mol. The van der Waals surface area contributed by atoms with E-state index in [1.54, 1.807) is 22.8 Å². The minimum absolute atomic E-state index is 0.145. The summed E-state index contributed by atoms with van der Waals surface area (Å²) in [6.07, 6.45) is 0. The monoisotopic (exact) mass is 369 g/mol. The molecule has 124 valence electrons. The highest BCUT2D eigenvalue weighted by Crippen LogP contribution is 2.37. The minimum atomic E-state index is -0.916. The first-order valence-electron chi connectivity index (χ1n) is 7.73. The summed E-state index contributed by atoms with van der Waals surface area (Å²) in [6, 6.07) is 10.3. The van der Waals surface area contributed by atoms with Crippen LogP contribution in [0.25, 0.3) is 16.5 Å². The molecule has 2 radical (unpaired) electrons. The SMILES string of the molecule is Cc1c(C2=C[Si]c3ccc(F)cc32)c2ccc(Cl)cc2n1CC(=O)O. The van der Waals surface area contributed by atoms with Gasteiger partial charge in [0.15, 0.2) is 0 Å². The molecule has 0 amide bonds. The van der Waals surface area contributed by atoms with Gasteiger partial charge in [0.2, 0.25) is 0 Å². The lowest BCUT2D eigenvalue weighted by molar-refractivity contribution is -0.137. The molecule has 4 rings (SSSR count). The number of carboxylic acids is 1. The minimum Gasteiger partial charge on any atom is -0.480 e. The number of hydrogen-bond acceptors (Lipinski definition) is 1. The number of carboxylic acid groups (broad SMARTS) is 1. The fourth-order valence-corrected chi connectivity index (χ4v) is 4.74. The van der Waals surface area contributed by atoms with E-state index >= 15 is 0 Å². The lowest BCUT2D eigenvalue weighted by Gasteiger charge is -2.09. The topological polar surface area (TPSA) is 42.2 Å². The van der Waals surface area contributed by atoms with Crippen LogP contribution in [0.15, 0.2) is 42.1 Å². The molecule has 0 atom stereocenters. The number of aromatic nitrogens is 1. The third-order valence-corrected chi connectivity index (χ3v) is 5.91. The molecule has 25 heavy (non-hydrogen) atoms. The molecule has 2 heterocycles. The van der Waals surface area contributed by atoms with Gasteiger partial charge in [0.25, 0.3) is 0 Å². The van der Waals surface area contributed by atoms with Gasteiger partial charge in [-0.2, -0.15) is 0 Å². The van der Waals surface area contributed by atoms with E-state index in [1.807, 2.05) is 19.1 Å². The van der Waals surface area contributed by atoms with Gasteiger partial charge in [0, 0.05) is 21.7 Å². The molecule has 3 aromatic rings. The van der Waals surface area contributed by atoms with Crippen molar-refractivity contribution in [2.75, 3.05) is 0 Å². The standard InChI is InChI=1S/C19H13ClFNO2Si/c1-10-19(15-9-25-17-5-3-12(21)7-14(15)17)13-4-2-11(20)6-16(13)22(10)8-18(23)24/h2-7,9H,8H2,1H3,(H,23,24). The van der Waals surface area contributed by atoms with Crippen LogP contribution in [0.5, 0.6) is 0 Å². The van der Waals surface area contributed by atoms with Crippen molar-refractivity contribution >= 4 is 48.8 Å². The number of aliphatic carboxylic acids is 1. The van der Waals surface area contributed by atoms with Crippen LogP contribution in [-0.2, 0) is 11.3 Å². The maximum absolute atomic E-state index is 13.8. The first-order chi connectivity index (χ1) is 12.0. The molecule has 0 bridgehead atoms. The highest BCUT2D eigenvalue weighted by atomic mass is 35.5. The van der Waals surface area contributed by atoms with Crippen molar-refractivity contribution in [1.29, 1.82) is 0 Å². The van der Waals surface area contributed by atoms with Crippen molar-refractivity contribution in [3.63, 3.8) is 0 Å². The summed E-state index contributed by atoms with van der Waals surface area (Å²) >= 11 is 6.13. The Kier molecular flexibility index (Phi) is 3.78. The molecule has 1 aliphatic rings. The fraction of sp³-hybridized carbons (Fsp3) is 0.105. The lowest BCUT2D eigenvalue weighted by atomic mass is 9.97. The van der Waals surface area contributed by atoms with Gasteiger partial charge in [-0.15, -0.1) is 0 Å². The Morgan fingerprint density at radius 2 is 2.08 bits per heavy atom. The predicted octanol–water partition coefficient (Wildman–Crippen LogP) is 3.56. The Hall–Kier alpha value is -2.37. The molecule has 0 saturated carbocycles. The van der Waals surface area contributed by atoms with Crippen LogP contribution in [0.2, 0.25) is 5.02 Å². The molecule has 2 aromatic carbocycles. The lowest BCUT2D eigenvalue weighted by Crippen LogP contribution is -2.12. The third-order valence-electron chi connectivity index (χ3n) is 4.49. The Labute approximate surface area is 151 Å². The van der Waals surface area contributed by atoms with E-state index in [4.69, 9.17) is 11.6 Å². The molecule has 6 heteroatoms. The number of nitrogens with zero attached hydrogens (tertiary/aromatic N) is 1. The Morgan fingerprint density at radius 1 is 1.28 bits per heavy atom. The van der Waals surface area contributed by atoms with E-state index in [9.17, 15) is 14.3 Å². The van der Waals surface area contributed by atoms with E-state index in [-0.39, 0.29) is 12.4 Å². The summed E-state index contributed by atoms with van der Waals surface area (Å²) in [5.74, 6) is -1.19. The van der Waals surface area contributed by atoms with E-state index < -0.39 is 5.97 Å². The molecule has 0 fully saturated rings. The predicted molar refractivity (Wildman–Crippen MR) is 98.2 cm³/mol. The first kappa shape index (κ1) is 16.1. The van der Waals surface area contributed by atoms with Crippen molar-refractivity contribution in [2.24, 2.45) is 0 Å². The average molecular weight is 370 g/mol. The maximum atomic E-state index is 13.8. The summed E-state index contributed by atoms with van der Waals surface area (Å²) in [7, 11) is 0.472. The van der Waals surface area contributed by atoms with Gasteiger partial charge in [-0.1, -0.05) is 34.6 Å². The molecule has 1 aliphatic heterocycles. The van der Waals surface area contributed by atoms with E-state index in [0.29, 0.717) is 14.5 Å². The Morgan fingerprint density at radius 3 is 2.84 bits per heavy atom. The number of halogens is 2. The fourth-order valence-electron chi connectivity index (χ4n) is 3.43. The van der Waals surface area contributed by atoms with Crippen LogP contribution in [0, 0.1) is 12.7 Å². The van der Waals surface area contributed by atoms with Gasteiger partial charge in [-0.3, -0.25) is 4.79 Å². The zero-order valence-electron chi connectivity index (χ0n) is 13.3. The number of carbonyl (C=O) groups is 1. The highest BCUT2D eigenvalue weighted by Gasteiger charge is 2.24. The Balaban J connectivity index is 2.00. The second-order valence-corrected chi connectivity index (χ2v) is 7.55. The normalized spacial score (nSPS) is 13.2. The third kappa shape index (κ3) is 2.60. The van der Waals surface area contributed by atoms with Gasteiger partial charge in [-0.25, -0.2) is 4.39 Å². The highest BCUT2D eigenvalue weighted by molar-refractivity contribution is 6.64. The molecule has 3 nitrogen and oxygen atoms in total. The zero-order valence-corrected chi connectivity index (χ0v) is 15.1. The second-order valence-electron chi connectivity index (χ2n) is 5.99. The molecule has 0 aliphatic carbocycles. The van der Waals surface area contributed by atoms with Crippen LogP contribution in [0.1, 0.15) is 16.8 Å². The van der Waals surface area contributed by atoms with Crippen molar-refractivity contribution in [3.05, 3.63) is 69.8 Å². The molecule has 1 N–H and O–H groups in total. The number of benzene rings is 2. The average Bonchev–Trinajstić information content (AvgIpc) is 3.07. The summed E-state index contributed by atoms with van der Waals surface area (Å²) in [5.41, 5.74) is 6.51. The smallest absolute Gasteiger partial charge is 0.323 e. The number of hydrogen-bond donors (Lipinski definition) is 1. The van der Waals surface area contributed by atoms with Crippen LogP contribution >= 0.6 is 11.6 Å². The van der Waals surface area contributed by atoms with Crippen molar-refractivity contribution in [3.8, 4) is 0 Å². The first-order valence-corrected chi connectivity index (χ1v) is 9.18. The number of fused-ring (bicyclic) bond motifs is 2. The van der Waals surface area contributed by atoms with E-state index in [2.05, 4.69) is 5.70 Å². The quantitative estimate of drug-likeness (QED) is 0.717. The largest absolute Gasteiger partial charge is 0.480 e. The van der Waals surface area contributed by atoms with Gasteiger partial charge in [-0.05, 0) is 42.3 Å². The van der Waals surface area contributed by atoms with Crippen molar-refractivity contribution < 1.29 is 14.3 Å². The van der Waals surface area contributed by atoms with Gasteiger partial charge in [0.05, 0.1) is 5.52 Å². The molecule has 0 unspecified atom stereocenters. The molecular formula is C19H13ClFNO2Si. The molecule has 0 saturated heterocycles. The van der Waals surface area contributed by atoms with E-state index in [1.165, 1.54) is 6.07 Å². The summed E-state index contributed by atoms with van der Waals surface area (Å²) in [5, 5.41) is 11.9.